The SMILES string of the molecule is O=S(=O)(CCc1ccccc1)Oc1ccccc1O. The largest absolute Gasteiger partial charge is 0.504 e. The summed E-state index contributed by atoms with van der Waals surface area (Å²) in [5.74, 6) is -0.368. The molecule has 2 aromatic rings. The number of aryl methyl sites for hydroxylation is 1. The van der Waals surface area contributed by atoms with E-state index in [1.165, 1.54) is 12.1 Å². The van der Waals surface area contributed by atoms with Crippen molar-refractivity contribution in [2.45, 2.75) is 6.42 Å². The smallest absolute Gasteiger partial charge is 0.309 e. The molecule has 0 atom stereocenters. The quantitative estimate of drug-likeness (QED) is 0.853. The molecule has 0 fully saturated rings. The van der Waals surface area contributed by atoms with Gasteiger partial charge < -0.3 is 9.29 Å². The summed E-state index contributed by atoms with van der Waals surface area (Å²) in [5.41, 5.74) is 0.923. The van der Waals surface area contributed by atoms with E-state index < -0.39 is 10.1 Å². The maximum Gasteiger partial charge on any atom is 0.309 e. The molecular formula is C14H14O4S. The van der Waals surface area contributed by atoms with E-state index in [-0.39, 0.29) is 17.3 Å². The molecule has 0 radical (unpaired) electrons. The van der Waals surface area contributed by atoms with Crippen LogP contribution in [0.5, 0.6) is 11.5 Å². The Bertz CT molecular complexity index is 636. The summed E-state index contributed by atoms with van der Waals surface area (Å²) in [6.45, 7) is 0. The average Bonchev–Trinajstić information content (AvgIpc) is 2.40. The van der Waals surface area contributed by atoms with E-state index in [1.807, 2.05) is 30.3 Å². The van der Waals surface area contributed by atoms with E-state index in [1.54, 1.807) is 12.1 Å². The zero-order chi connectivity index (χ0) is 13.7. The molecule has 1 N–H and O–H groups in total. The second-order valence-corrected chi connectivity index (χ2v) is 5.74. The van der Waals surface area contributed by atoms with Gasteiger partial charge in [-0.1, -0.05) is 42.5 Å². The fourth-order valence-electron chi connectivity index (χ4n) is 1.59. The minimum atomic E-state index is -3.72. The molecule has 0 saturated heterocycles. The Morgan fingerprint density at radius 2 is 1.58 bits per heavy atom. The second-order valence-electron chi connectivity index (χ2n) is 4.05. The van der Waals surface area contributed by atoms with Gasteiger partial charge in [0.2, 0.25) is 0 Å². The molecule has 0 spiro atoms. The summed E-state index contributed by atoms with van der Waals surface area (Å²) in [7, 11) is -3.72. The molecule has 0 aliphatic rings. The Labute approximate surface area is 112 Å². The fraction of sp³-hybridized carbons (Fsp3) is 0.143. The molecule has 100 valence electrons. The zero-order valence-electron chi connectivity index (χ0n) is 10.2. The molecule has 5 heteroatoms. The summed E-state index contributed by atoms with van der Waals surface area (Å²) in [6, 6.07) is 15.3. The Kier molecular flexibility index (Phi) is 4.06. The second kappa shape index (κ2) is 5.75. The van der Waals surface area contributed by atoms with Crippen LogP contribution in [0.4, 0.5) is 0 Å². The van der Waals surface area contributed by atoms with Crippen molar-refractivity contribution >= 4 is 10.1 Å². The molecule has 4 nitrogen and oxygen atoms in total. The first-order valence-electron chi connectivity index (χ1n) is 5.81. The molecule has 0 saturated carbocycles. The Hall–Kier alpha value is -2.01. The minimum Gasteiger partial charge on any atom is -0.504 e. The molecule has 0 unspecified atom stereocenters. The molecule has 0 aromatic heterocycles. The first-order valence-corrected chi connectivity index (χ1v) is 7.39. The van der Waals surface area contributed by atoms with Gasteiger partial charge in [-0.15, -0.1) is 0 Å². The zero-order valence-corrected chi connectivity index (χ0v) is 11.0. The van der Waals surface area contributed by atoms with Crippen molar-refractivity contribution in [3.63, 3.8) is 0 Å². The van der Waals surface area contributed by atoms with Gasteiger partial charge in [-0.25, -0.2) is 0 Å². The van der Waals surface area contributed by atoms with Gasteiger partial charge in [-0.3, -0.25) is 0 Å². The van der Waals surface area contributed by atoms with Crippen LogP contribution in [-0.4, -0.2) is 19.3 Å². The van der Waals surface area contributed by atoms with Crippen molar-refractivity contribution in [3.05, 3.63) is 60.2 Å². The third-order valence-corrected chi connectivity index (χ3v) is 3.70. The van der Waals surface area contributed by atoms with Crippen molar-refractivity contribution < 1.29 is 17.7 Å². The molecule has 0 heterocycles. The molecular weight excluding hydrogens is 264 g/mol. The fourth-order valence-corrected chi connectivity index (χ4v) is 2.58. The van der Waals surface area contributed by atoms with Crippen molar-refractivity contribution in [2.24, 2.45) is 0 Å². The van der Waals surface area contributed by atoms with Crippen molar-refractivity contribution in [1.29, 1.82) is 0 Å². The van der Waals surface area contributed by atoms with Gasteiger partial charge in [-0.05, 0) is 24.1 Å². The van der Waals surface area contributed by atoms with Crippen LogP contribution in [0, 0.1) is 0 Å². The summed E-state index contributed by atoms with van der Waals surface area (Å²) in [4.78, 5) is 0. The summed E-state index contributed by atoms with van der Waals surface area (Å²) < 4.78 is 28.5. The lowest BCUT2D eigenvalue weighted by Gasteiger charge is -2.08. The maximum absolute atomic E-state index is 11.8. The number of phenolic OH excluding ortho intramolecular Hbond substituents is 1. The van der Waals surface area contributed by atoms with Gasteiger partial charge in [0.25, 0.3) is 0 Å². The lowest BCUT2D eigenvalue weighted by molar-refractivity contribution is 0.428. The van der Waals surface area contributed by atoms with Crippen LogP contribution >= 0.6 is 0 Å². The number of phenols is 1. The third kappa shape index (κ3) is 3.99. The number of hydrogen-bond donors (Lipinski definition) is 1. The molecule has 0 amide bonds. The van der Waals surface area contributed by atoms with Crippen LogP contribution in [0.3, 0.4) is 0 Å². The molecule has 0 aliphatic carbocycles. The molecule has 2 aromatic carbocycles. The van der Waals surface area contributed by atoms with Crippen molar-refractivity contribution in [2.75, 3.05) is 5.75 Å². The van der Waals surface area contributed by atoms with Crippen LogP contribution in [0.25, 0.3) is 0 Å². The summed E-state index contributed by atoms with van der Waals surface area (Å²) >= 11 is 0. The summed E-state index contributed by atoms with van der Waals surface area (Å²) in [6.07, 6.45) is 0.372. The van der Waals surface area contributed by atoms with Crippen molar-refractivity contribution in [1.82, 2.24) is 0 Å². The average molecular weight is 278 g/mol. The van der Waals surface area contributed by atoms with Crippen LogP contribution in [-0.2, 0) is 16.5 Å². The van der Waals surface area contributed by atoms with Crippen molar-refractivity contribution in [3.8, 4) is 11.5 Å². The van der Waals surface area contributed by atoms with Gasteiger partial charge in [0.05, 0.1) is 5.75 Å². The lowest BCUT2D eigenvalue weighted by Crippen LogP contribution is -2.15. The number of aromatic hydroxyl groups is 1. The standard InChI is InChI=1S/C14H14O4S/c15-13-8-4-5-9-14(13)18-19(16,17)11-10-12-6-2-1-3-7-12/h1-9,15H,10-11H2. The van der Waals surface area contributed by atoms with E-state index in [9.17, 15) is 13.5 Å². The van der Waals surface area contributed by atoms with Gasteiger partial charge in [0, 0.05) is 0 Å². The van der Waals surface area contributed by atoms with E-state index in [2.05, 4.69) is 0 Å². The Morgan fingerprint density at radius 1 is 0.947 bits per heavy atom. The van der Waals surface area contributed by atoms with Gasteiger partial charge in [-0.2, -0.15) is 8.42 Å². The molecule has 0 aliphatic heterocycles. The van der Waals surface area contributed by atoms with E-state index in [0.29, 0.717) is 6.42 Å². The third-order valence-electron chi connectivity index (χ3n) is 2.57. The van der Waals surface area contributed by atoms with E-state index >= 15 is 0 Å². The van der Waals surface area contributed by atoms with E-state index in [4.69, 9.17) is 4.18 Å². The first kappa shape index (κ1) is 13.4. The first-order chi connectivity index (χ1) is 9.07. The number of hydrogen-bond acceptors (Lipinski definition) is 4. The predicted molar refractivity (Wildman–Crippen MR) is 72.7 cm³/mol. The molecule has 19 heavy (non-hydrogen) atoms. The number of para-hydroxylation sites is 2. The topological polar surface area (TPSA) is 63.6 Å². The Morgan fingerprint density at radius 3 is 2.26 bits per heavy atom. The monoisotopic (exact) mass is 278 g/mol. The number of rotatable bonds is 5. The van der Waals surface area contributed by atoms with Crippen LogP contribution < -0.4 is 4.18 Å². The van der Waals surface area contributed by atoms with Gasteiger partial charge in [0.15, 0.2) is 11.5 Å². The van der Waals surface area contributed by atoms with Crippen LogP contribution in [0.15, 0.2) is 54.6 Å². The molecule has 2 rings (SSSR count). The number of benzene rings is 2. The van der Waals surface area contributed by atoms with Gasteiger partial charge in [0.1, 0.15) is 0 Å². The molecule has 0 bridgehead atoms. The highest BCUT2D eigenvalue weighted by Gasteiger charge is 2.15. The summed E-state index contributed by atoms with van der Waals surface area (Å²) in [5, 5.41) is 9.47. The Balaban J connectivity index is 2.02. The van der Waals surface area contributed by atoms with Crippen LogP contribution in [0.2, 0.25) is 0 Å². The normalized spacial score (nSPS) is 11.2. The van der Waals surface area contributed by atoms with Crippen LogP contribution in [0.1, 0.15) is 5.56 Å². The highest BCUT2D eigenvalue weighted by molar-refractivity contribution is 7.87. The lowest BCUT2D eigenvalue weighted by atomic mass is 10.2. The minimum absolute atomic E-state index is 0.0458. The maximum atomic E-state index is 11.8. The van der Waals surface area contributed by atoms with Gasteiger partial charge >= 0.3 is 10.1 Å². The highest BCUT2D eigenvalue weighted by atomic mass is 32.2. The highest BCUT2D eigenvalue weighted by Crippen LogP contribution is 2.26. The predicted octanol–water partition coefficient (Wildman–Crippen LogP) is 2.34. The van der Waals surface area contributed by atoms with E-state index in [0.717, 1.165) is 5.56 Å².